The Hall–Kier alpha value is -1.84. The highest BCUT2D eigenvalue weighted by Gasteiger charge is 2.22. The zero-order valence-electron chi connectivity index (χ0n) is 21.4. The minimum absolute atomic E-state index is 0.204. The van der Waals surface area contributed by atoms with Crippen molar-refractivity contribution in [2.75, 3.05) is 0 Å². The summed E-state index contributed by atoms with van der Waals surface area (Å²) in [6.45, 7) is 4.45. The lowest BCUT2D eigenvalue weighted by atomic mass is 9.77. The summed E-state index contributed by atoms with van der Waals surface area (Å²) in [5, 5.41) is 8.42. The largest absolute Gasteiger partial charge is 0.203 e. The molecule has 0 N–H and O–H groups in total. The van der Waals surface area contributed by atoms with Crippen LogP contribution in [0.15, 0.2) is 24.3 Å². The van der Waals surface area contributed by atoms with Crippen LogP contribution in [0, 0.1) is 23.5 Å². The van der Waals surface area contributed by atoms with Crippen molar-refractivity contribution >= 4 is 0 Å². The molecule has 1 fully saturated rings. The molecule has 0 bridgehead atoms. The van der Waals surface area contributed by atoms with Crippen molar-refractivity contribution in [3.8, 4) is 11.3 Å². The topological polar surface area (TPSA) is 25.8 Å². The standard InChI is InChI=1S/C30H44F2N2/c1-3-5-7-9-11-23-13-15-24(16-14-23)17-18-25-19-21-27(30(32)29(25)31)28-22-20-26(33-34-28)12-10-8-6-4-2/h19-24H,3-18H2,1-2H3. The predicted molar refractivity (Wildman–Crippen MR) is 138 cm³/mol. The summed E-state index contributed by atoms with van der Waals surface area (Å²) in [7, 11) is 0. The number of rotatable bonds is 14. The van der Waals surface area contributed by atoms with E-state index in [2.05, 4.69) is 24.0 Å². The minimum Gasteiger partial charge on any atom is -0.203 e. The molecule has 188 valence electrons. The van der Waals surface area contributed by atoms with Gasteiger partial charge in [-0.3, -0.25) is 0 Å². The van der Waals surface area contributed by atoms with Crippen molar-refractivity contribution in [3.63, 3.8) is 0 Å². The smallest absolute Gasteiger partial charge is 0.168 e. The van der Waals surface area contributed by atoms with Crippen LogP contribution in [-0.2, 0) is 12.8 Å². The molecule has 4 heteroatoms. The third-order valence-corrected chi connectivity index (χ3v) is 7.70. The summed E-state index contributed by atoms with van der Waals surface area (Å²) in [6, 6.07) is 7.07. The molecule has 1 aromatic heterocycles. The Balaban J connectivity index is 1.48. The molecule has 1 aliphatic carbocycles. The first-order valence-corrected chi connectivity index (χ1v) is 13.9. The van der Waals surface area contributed by atoms with Gasteiger partial charge in [-0.15, -0.1) is 0 Å². The van der Waals surface area contributed by atoms with Crippen molar-refractivity contribution in [3.05, 3.63) is 47.2 Å². The summed E-state index contributed by atoms with van der Waals surface area (Å²) < 4.78 is 29.7. The average Bonchev–Trinajstić information content (AvgIpc) is 2.87. The fraction of sp³-hybridized carbons (Fsp3) is 0.667. The monoisotopic (exact) mass is 470 g/mol. The number of benzene rings is 1. The van der Waals surface area contributed by atoms with E-state index < -0.39 is 11.6 Å². The number of aromatic nitrogens is 2. The Morgan fingerprint density at radius 3 is 2.00 bits per heavy atom. The summed E-state index contributed by atoms with van der Waals surface area (Å²) in [6.07, 6.45) is 19.0. The van der Waals surface area contributed by atoms with Crippen LogP contribution in [0.2, 0.25) is 0 Å². The van der Waals surface area contributed by atoms with E-state index in [0.717, 1.165) is 30.9 Å². The van der Waals surface area contributed by atoms with Gasteiger partial charge in [0.15, 0.2) is 11.6 Å². The maximum absolute atomic E-state index is 14.9. The number of nitrogens with zero attached hydrogens (tertiary/aromatic N) is 2. The Bertz CT molecular complexity index is 842. The summed E-state index contributed by atoms with van der Waals surface area (Å²) in [4.78, 5) is 0. The fourth-order valence-corrected chi connectivity index (χ4v) is 5.38. The van der Waals surface area contributed by atoms with Crippen molar-refractivity contribution in [2.45, 2.75) is 117 Å². The van der Waals surface area contributed by atoms with Gasteiger partial charge < -0.3 is 0 Å². The molecule has 2 nitrogen and oxygen atoms in total. The average molecular weight is 471 g/mol. The Labute approximate surface area is 206 Å². The molecule has 1 aliphatic rings. The molecule has 34 heavy (non-hydrogen) atoms. The van der Waals surface area contributed by atoms with E-state index in [1.54, 1.807) is 18.2 Å². The first-order chi connectivity index (χ1) is 16.6. The maximum atomic E-state index is 14.9. The summed E-state index contributed by atoms with van der Waals surface area (Å²) in [5.74, 6) is 0.0148. The Kier molecular flexibility index (Phi) is 11.4. The van der Waals surface area contributed by atoms with Gasteiger partial charge in [-0.25, -0.2) is 8.78 Å². The molecule has 0 unspecified atom stereocenters. The SMILES string of the molecule is CCCCCCc1ccc(-c2ccc(CCC3CCC(CCCCCC)CC3)c(F)c2F)nn1. The first kappa shape index (κ1) is 26.8. The molecular weight excluding hydrogens is 426 g/mol. The van der Waals surface area contributed by atoms with Crippen LogP contribution in [-0.4, -0.2) is 10.2 Å². The zero-order valence-corrected chi connectivity index (χ0v) is 21.4. The number of hydrogen-bond acceptors (Lipinski definition) is 2. The normalized spacial score (nSPS) is 18.4. The highest BCUT2D eigenvalue weighted by molar-refractivity contribution is 5.60. The summed E-state index contributed by atoms with van der Waals surface area (Å²) >= 11 is 0. The van der Waals surface area contributed by atoms with Gasteiger partial charge in [0.25, 0.3) is 0 Å². The number of aryl methyl sites for hydroxylation is 2. The second-order valence-corrected chi connectivity index (χ2v) is 10.4. The second kappa shape index (κ2) is 14.5. The summed E-state index contributed by atoms with van der Waals surface area (Å²) in [5.41, 5.74) is 2.00. The van der Waals surface area contributed by atoms with E-state index in [1.165, 1.54) is 77.0 Å². The Morgan fingerprint density at radius 2 is 1.35 bits per heavy atom. The third kappa shape index (κ3) is 8.13. The molecule has 1 aromatic carbocycles. The molecule has 0 aliphatic heterocycles. The van der Waals surface area contributed by atoms with Crippen LogP contribution in [0.3, 0.4) is 0 Å². The van der Waals surface area contributed by atoms with Crippen molar-refractivity contribution in [1.82, 2.24) is 10.2 Å². The van der Waals surface area contributed by atoms with Crippen LogP contribution in [0.1, 0.15) is 115 Å². The minimum atomic E-state index is -0.793. The molecule has 1 saturated carbocycles. The van der Waals surface area contributed by atoms with Crippen LogP contribution in [0.25, 0.3) is 11.3 Å². The van der Waals surface area contributed by atoms with Crippen molar-refractivity contribution < 1.29 is 8.78 Å². The lowest BCUT2D eigenvalue weighted by molar-refractivity contribution is 0.248. The second-order valence-electron chi connectivity index (χ2n) is 10.4. The Morgan fingerprint density at radius 1 is 0.676 bits per heavy atom. The van der Waals surface area contributed by atoms with Gasteiger partial charge in [0.1, 0.15) is 0 Å². The first-order valence-electron chi connectivity index (χ1n) is 13.9. The molecule has 0 atom stereocenters. The van der Waals surface area contributed by atoms with Crippen LogP contribution < -0.4 is 0 Å². The molecule has 3 rings (SSSR count). The zero-order chi connectivity index (χ0) is 24.2. The molecule has 1 heterocycles. The van der Waals surface area contributed by atoms with Gasteiger partial charge in [-0.1, -0.05) is 97.0 Å². The van der Waals surface area contributed by atoms with Gasteiger partial charge in [0, 0.05) is 5.56 Å². The number of unbranched alkanes of at least 4 members (excludes halogenated alkanes) is 6. The van der Waals surface area contributed by atoms with Crippen LogP contribution in [0.5, 0.6) is 0 Å². The van der Waals surface area contributed by atoms with Crippen molar-refractivity contribution in [1.29, 1.82) is 0 Å². The predicted octanol–water partition coefficient (Wildman–Crippen LogP) is 9.25. The van der Waals surface area contributed by atoms with E-state index in [0.29, 0.717) is 23.6 Å². The van der Waals surface area contributed by atoms with Crippen LogP contribution in [0.4, 0.5) is 8.78 Å². The van der Waals surface area contributed by atoms with E-state index in [4.69, 9.17) is 0 Å². The number of hydrogen-bond donors (Lipinski definition) is 0. The van der Waals surface area contributed by atoms with Gasteiger partial charge in [-0.05, 0) is 61.3 Å². The van der Waals surface area contributed by atoms with E-state index in [9.17, 15) is 8.78 Å². The highest BCUT2D eigenvalue weighted by atomic mass is 19.2. The lowest BCUT2D eigenvalue weighted by Crippen LogP contribution is -2.15. The lowest BCUT2D eigenvalue weighted by Gasteiger charge is -2.28. The maximum Gasteiger partial charge on any atom is 0.168 e. The molecule has 0 radical (unpaired) electrons. The molecular formula is C30H44F2N2. The fourth-order valence-electron chi connectivity index (χ4n) is 5.38. The third-order valence-electron chi connectivity index (χ3n) is 7.70. The van der Waals surface area contributed by atoms with Crippen molar-refractivity contribution in [2.24, 2.45) is 11.8 Å². The molecule has 0 amide bonds. The molecule has 0 saturated heterocycles. The molecule has 2 aromatic rings. The van der Waals surface area contributed by atoms with E-state index >= 15 is 0 Å². The highest BCUT2D eigenvalue weighted by Crippen LogP contribution is 2.35. The quantitative estimate of drug-likeness (QED) is 0.257. The molecule has 0 spiro atoms. The van der Waals surface area contributed by atoms with Gasteiger partial charge in [0.2, 0.25) is 0 Å². The van der Waals surface area contributed by atoms with Crippen LogP contribution >= 0.6 is 0 Å². The van der Waals surface area contributed by atoms with Gasteiger partial charge in [0.05, 0.1) is 11.4 Å². The van der Waals surface area contributed by atoms with E-state index in [1.807, 2.05) is 6.07 Å². The van der Waals surface area contributed by atoms with Gasteiger partial charge in [-0.2, -0.15) is 10.2 Å². The van der Waals surface area contributed by atoms with Gasteiger partial charge >= 0.3 is 0 Å². The van der Waals surface area contributed by atoms with E-state index in [-0.39, 0.29) is 5.56 Å². The number of halogens is 2.